The van der Waals surface area contributed by atoms with Crippen molar-refractivity contribution in [3.63, 3.8) is 0 Å². The molecule has 6 aliphatic rings. The summed E-state index contributed by atoms with van der Waals surface area (Å²) >= 11 is 0. The molecule has 5 heterocycles. The smallest absolute Gasteiger partial charge is 0.335 e. The van der Waals surface area contributed by atoms with Gasteiger partial charge in [0, 0.05) is 18.3 Å². The molecule has 5 saturated heterocycles. The maximum Gasteiger partial charge on any atom is 0.335 e. The maximum absolute atomic E-state index is 11.4. The minimum atomic E-state index is -1.79. The van der Waals surface area contributed by atoms with E-state index in [-0.39, 0.29) is 17.8 Å². The van der Waals surface area contributed by atoms with Crippen LogP contribution in [0.2, 0.25) is 0 Å². The average molecular weight is 460 g/mol. The molecule has 11 nitrogen and oxygen atoms in total. The van der Waals surface area contributed by atoms with Gasteiger partial charge in [-0.2, -0.15) is 0 Å². The summed E-state index contributed by atoms with van der Waals surface area (Å²) in [4.78, 5) is 23.2. The zero-order valence-electron chi connectivity index (χ0n) is 18.3. The predicted molar refractivity (Wildman–Crippen MR) is 102 cm³/mol. The number of hydrogen-bond acceptors (Lipinski definition) is 10. The van der Waals surface area contributed by atoms with Crippen molar-refractivity contribution in [3.8, 4) is 0 Å². The van der Waals surface area contributed by atoms with E-state index < -0.39 is 60.6 Å². The normalized spacial score (nSPS) is 57.5. The lowest BCUT2D eigenvalue weighted by molar-refractivity contribution is -0.579. The van der Waals surface area contributed by atoms with Crippen LogP contribution in [0.4, 0.5) is 0 Å². The van der Waals surface area contributed by atoms with E-state index in [1.54, 1.807) is 6.92 Å². The van der Waals surface area contributed by atoms with Crippen molar-refractivity contribution in [2.75, 3.05) is 0 Å². The standard InChI is InChI=1S/C21H32O11/c1-8-4-5-11-9(2)17(28-18-14(24)12(22)13(23)15(27-18)16(25)26)29-19-21(11)10(8)6-7-20(3,30-19)31-32-21/h8-15,17-19,22-24H,4-7H2,1-3H3,(H,25,26)/t8-,9-,10+,11+,12?,13?,14?,15?,17?,18?,19-,20-,21-/m1/s1. The molecule has 0 radical (unpaired) electrons. The highest BCUT2D eigenvalue weighted by Gasteiger charge is 2.69. The van der Waals surface area contributed by atoms with Crippen LogP contribution in [0.5, 0.6) is 0 Å². The Kier molecular flexibility index (Phi) is 5.59. The van der Waals surface area contributed by atoms with Gasteiger partial charge in [-0.25, -0.2) is 14.6 Å². The number of carbonyl (C=O) groups is 1. The zero-order chi connectivity index (χ0) is 23.0. The van der Waals surface area contributed by atoms with E-state index in [1.165, 1.54) is 0 Å². The van der Waals surface area contributed by atoms with E-state index in [0.717, 1.165) is 19.3 Å². The molecule has 32 heavy (non-hydrogen) atoms. The molecule has 0 aromatic heterocycles. The van der Waals surface area contributed by atoms with Crippen LogP contribution in [0.1, 0.15) is 46.5 Å². The minimum absolute atomic E-state index is 0.0402. The third kappa shape index (κ3) is 3.25. The molecular weight excluding hydrogens is 428 g/mol. The first-order valence-electron chi connectivity index (χ1n) is 11.4. The quantitative estimate of drug-likeness (QED) is 0.424. The van der Waals surface area contributed by atoms with E-state index in [9.17, 15) is 25.2 Å². The van der Waals surface area contributed by atoms with Crippen LogP contribution >= 0.6 is 0 Å². The molecule has 0 amide bonds. The summed E-state index contributed by atoms with van der Waals surface area (Å²) in [6.07, 6.45) is -6.80. The van der Waals surface area contributed by atoms with Gasteiger partial charge in [0.2, 0.25) is 5.79 Å². The molecule has 1 aliphatic carbocycles. The second-order valence-corrected chi connectivity index (χ2v) is 10.1. The fraction of sp³-hybridized carbons (Fsp3) is 0.952. The Morgan fingerprint density at radius 1 is 0.938 bits per heavy atom. The summed E-state index contributed by atoms with van der Waals surface area (Å²) in [5, 5.41) is 39.7. The summed E-state index contributed by atoms with van der Waals surface area (Å²) in [5.41, 5.74) is -0.793. The van der Waals surface area contributed by atoms with Gasteiger partial charge in [-0.1, -0.05) is 13.8 Å². The molecule has 1 saturated carbocycles. The number of carboxylic acids is 1. The Morgan fingerprint density at radius 3 is 2.41 bits per heavy atom. The summed E-state index contributed by atoms with van der Waals surface area (Å²) in [7, 11) is 0. The van der Waals surface area contributed by atoms with Crippen molar-refractivity contribution in [1.29, 1.82) is 0 Å². The number of aliphatic hydroxyl groups is 3. The van der Waals surface area contributed by atoms with Crippen molar-refractivity contribution >= 4 is 5.97 Å². The van der Waals surface area contributed by atoms with E-state index in [2.05, 4.69) is 6.92 Å². The highest BCUT2D eigenvalue weighted by Crippen LogP contribution is 2.60. The van der Waals surface area contributed by atoms with Crippen LogP contribution in [-0.4, -0.2) is 81.1 Å². The Balaban J connectivity index is 1.41. The predicted octanol–water partition coefficient (Wildman–Crippen LogP) is 0.103. The molecule has 6 unspecified atom stereocenters. The molecule has 0 aromatic carbocycles. The Bertz CT molecular complexity index is 749. The molecule has 182 valence electrons. The topological polar surface area (TPSA) is 153 Å². The van der Waals surface area contributed by atoms with E-state index in [4.69, 9.17) is 28.7 Å². The van der Waals surface area contributed by atoms with Crippen LogP contribution in [-0.2, 0) is 33.5 Å². The second kappa shape index (κ2) is 7.82. The van der Waals surface area contributed by atoms with Gasteiger partial charge in [-0.15, -0.1) is 0 Å². The van der Waals surface area contributed by atoms with Crippen LogP contribution in [0.15, 0.2) is 0 Å². The molecule has 1 spiro atoms. The van der Waals surface area contributed by atoms with Gasteiger partial charge in [0.25, 0.3) is 0 Å². The van der Waals surface area contributed by atoms with Crippen molar-refractivity contribution in [2.24, 2.45) is 23.7 Å². The van der Waals surface area contributed by atoms with Gasteiger partial charge in [-0.3, -0.25) is 0 Å². The molecule has 0 aromatic rings. The average Bonchev–Trinajstić information content (AvgIpc) is 2.97. The third-order valence-electron chi connectivity index (χ3n) is 8.18. The van der Waals surface area contributed by atoms with Crippen LogP contribution in [0.3, 0.4) is 0 Å². The first kappa shape index (κ1) is 22.9. The monoisotopic (exact) mass is 460 g/mol. The Hall–Kier alpha value is -0.890. The lowest BCUT2D eigenvalue weighted by Gasteiger charge is -2.60. The molecule has 6 rings (SSSR count). The van der Waals surface area contributed by atoms with Gasteiger partial charge in [0.1, 0.15) is 18.3 Å². The Labute approximate surface area is 185 Å². The first-order chi connectivity index (χ1) is 15.1. The number of fused-ring (bicyclic) bond motifs is 2. The maximum atomic E-state index is 11.4. The minimum Gasteiger partial charge on any atom is -0.479 e. The van der Waals surface area contributed by atoms with Gasteiger partial charge >= 0.3 is 5.97 Å². The molecule has 6 fully saturated rings. The number of aliphatic hydroxyl groups excluding tert-OH is 3. The highest BCUT2D eigenvalue weighted by atomic mass is 17.3. The third-order valence-corrected chi connectivity index (χ3v) is 8.18. The van der Waals surface area contributed by atoms with E-state index in [0.29, 0.717) is 12.3 Å². The van der Waals surface area contributed by atoms with E-state index >= 15 is 0 Å². The highest BCUT2D eigenvalue weighted by molar-refractivity contribution is 5.73. The van der Waals surface area contributed by atoms with Gasteiger partial charge in [0.05, 0.1) is 0 Å². The van der Waals surface area contributed by atoms with Crippen LogP contribution in [0, 0.1) is 23.7 Å². The van der Waals surface area contributed by atoms with Crippen molar-refractivity contribution in [3.05, 3.63) is 0 Å². The molecule has 2 bridgehead atoms. The summed E-state index contributed by atoms with van der Waals surface area (Å²) < 4.78 is 23.7. The molecule has 5 aliphatic heterocycles. The number of rotatable bonds is 3. The zero-order valence-corrected chi connectivity index (χ0v) is 18.3. The van der Waals surface area contributed by atoms with Crippen LogP contribution in [0.25, 0.3) is 0 Å². The molecule has 4 N–H and O–H groups in total. The Morgan fingerprint density at radius 2 is 1.69 bits per heavy atom. The summed E-state index contributed by atoms with van der Waals surface area (Å²) in [5.74, 6) is -2.14. The van der Waals surface area contributed by atoms with Crippen molar-refractivity contribution in [1.82, 2.24) is 0 Å². The second-order valence-electron chi connectivity index (χ2n) is 10.1. The number of hydrogen-bond donors (Lipinski definition) is 4. The lowest BCUT2D eigenvalue weighted by atomic mass is 9.58. The lowest BCUT2D eigenvalue weighted by Crippen LogP contribution is -2.71. The van der Waals surface area contributed by atoms with E-state index in [1.807, 2.05) is 6.92 Å². The molecular formula is C21H32O11. The van der Waals surface area contributed by atoms with Gasteiger partial charge in [-0.05, 0) is 38.0 Å². The number of carboxylic acid groups (broad SMARTS) is 1. The van der Waals surface area contributed by atoms with Crippen molar-refractivity contribution < 1.29 is 53.9 Å². The summed E-state index contributed by atoms with van der Waals surface area (Å²) in [6, 6.07) is 0. The van der Waals surface area contributed by atoms with Crippen LogP contribution < -0.4 is 0 Å². The van der Waals surface area contributed by atoms with Gasteiger partial charge in [0.15, 0.2) is 30.6 Å². The molecule has 11 heteroatoms. The summed E-state index contributed by atoms with van der Waals surface area (Å²) in [6.45, 7) is 5.94. The molecule has 13 atom stereocenters. The first-order valence-corrected chi connectivity index (χ1v) is 11.4. The fourth-order valence-electron chi connectivity index (χ4n) is 6.32. The fourth-order valence-corrected chi connectivity index (χ4v) is 6.32. The number of aliphatic carboxylic acids is 1. The largest absolute Gasteiger partial charge is 0.479 e. The number of ether oxygens (including phenoxy) is 4. The van der Waals surface area contributed by atoms with Crippen molar-refractivity contribution in [2.45, 2.75) is 101 Å². The SMILES string of the molecule is C[C@@H]1CC[C@H]2[C@@H](C)C(OC3OC(C(=O)O)C(O)C(O)C3O)O[C@@H]3O[C@@]4(C)CC[C@@H]1[C@]32OO4. The van der Waals surface area contributed by atoms with Gasteiger partial charge < -0.3 is 39.4 Å².